The molecular weight excluding hydrogens is 354 g/mol. The van der Waals surface area contributed by atoms with E-state index in [1.165, 1.54) is 4.57 Å². The first kappa shape index (κ1) is 18.1. The Morgan fingerprint density at radius 2 is 2.04 bits per heavy atom. The Morgan fingerprint density at radius 1 is 1.27 bits per heavy atom. The maximum Gasteiger partial charge on any atom is 0.330 e. The Bertz CT molecular complexity index is 1090. The molecule has 0 spiro atoms. The molecule has 0 saturated heterocycles. The molecule has 2 aromatic heterocycles. The third kappa shape index (κ3) is 3.62. The molecule has 0 saturated carbocycles. The van der Waals surface area contributed by atoms with Crippen LogP contribution < -0.4 is 11.2 Å². The number of nitrogens with zero attached hydrogens (tertiary/aromatic N) is 3. The Morgan fingerprint density at radius 3 is 2.77 bits per heavy atom. The van der Waals surface area contributed by atoms with Crippen molar-refractivity contribution >= 4 is 28.3 Å². The maximum absolute atomic E-state index is 12.1. The molecule has 8 heteroatoms. The van der Waals surface area contributed by atoms with E-state index in [0.29, 0.717) is 29.5 Å². The van der Waals surface area contributed by atoms with E-state index in [1.807, 2.05) is 38.2 Å². The highest BCUT2D eigenvalue weighted by Crippen LogP contribution is 2.23. The van der Waals surface area contributed by atoms with Crippen LogP contribution in [-0.2, 0) is 13.1 Å². The number of hydrogen-bond donors (Lipinski definition) is 2. The average molecular weight is 374 g/mol. The van der Waals surface area contributed by atoms with Crippen LogP contribution in [0.1, 0.15) is 25.0 Å². The molecule has 2 N–H and O–H groups in total. The van der Waals surface area contributed by atoms with E-state index in [9.17, 15) is 9.59 Å². The van der Waals surface area contributed by atoms with Crippen LogP contribution in [0.2, 0.25) is 5.02 Å². The lowest BCUT2D eigenvalue weighted by molar-refractivity contribution is 0.502. The summed E-state index contributed by atoms with van der Waals surface area (Å²) in [6, 6.07) is 5.58. The van der Waals surface area contributed by atoms with Crippen LogP contribution in [0.5, 0.6) is 0 Å². The molecule has 136 valence electrons. The van der Waals surface area contributed by atoms with Gasteiger partial charge >= 0.3 is 5.69 Å². The lowest BCUT2D eigenvalue weighted by Crippen LogP contribution is -2.32. The van der Waals surface area contributed by atoms with Crippen molar-refractivity contribution in [3.05, 3.63) is 61.4 Å². The van der Waals surface area contributed by atoms with E-state index in [-0.39, 0.29) is 5.92 Å². The van der Waals surface area contributed by atoms with Crippen molar-refractivity contribution in [3.8, 4) is 0 Å². The molecule has 0 atom stereocenters. The van der Waals surface area contributed by atoms with Crippen molar-refractivity contribution in [2.45, 2.75) is 33.9 Å². The Kier molecular flexibility index (Phi) is 5.08. The number of hydrogen-bond acceptors (Lipinski definition) is 4. The van der Waals surface area contributed by atoms with Crippen LogP contribution in [0.15, 0.2) is 44.2 Å². The van der Waals surface area contributed by atoms with E-state index in [4.69, 9.17) is 11.6 Å². The Labute approximate surface area is 154 Å². The van der Waals surface area contributed by atoms with Gasteiger partial charge in [0.05, 0.1) is 12.1 Å². The van der Waals surface area contributed by atoms with Gasteiger partial charge in [0.15, 0.2) is 5.82 Å². The molecule has 3 rings (SSSR count). The van der Waals surface area contributed by atoms with Crippen molar-refractivity contribution in [1.29, 1.82) is 0 Å². The molecular formula is C18H20ClN5O2. The highest BCUT2D eigenvalue weighted by Gasteiger charge is 2.12. The Balaban J connectivity index is 1.96. The number of nitrogens with one attached hydrogen (secondary N) is 2. The lowest BCUT2D eigenvalue weighted by atomic mass is 10.2. The van der Waals surface area contributed by atoms with Crippen LogP contribution >= 0.6 is 11.6 Å². The standard InChI is InChI=1S/C18H20ClN5O2/c1-10(2)9-24-16(11(3)17(25)22-18(24)26)23-21-8-12-7-20-15-5-4-13(19)6-14(12)15/h4-7,10,20H,8-9H2,1-3H3,(H,22,25,26). The number of fused-ring (bicyclic) bond motifs is 1. The predicted octanol–water partition coefficient (Wildman–Crippen LogP) is 3.92. The smallest absolute Gasteiger partial charge is 0.330 e. The van der Waals surface area contributed by atoms with E-state index >= 15 is 0 Å². The van der Waals surface area contributed by atoms with Gasteiger partial charge in [-0.05, 0) is 31.0 Å². The first-order valence-electron chi connectivity index (χ1n) is 8.33. The topological polar surface area (TPSA) is 95.4 Å². The second-order valence-electron chi connectivity index (χ2n) is 6.62. The highest BCUT2D eigenvalue weighted by atomic mass is 35.5. The summed E-state index contributed by atoms with van der Waals surface area (Å²) in [7, 11) is 0. The predicted molar refractivity (Wildman–Crippen MR) is 102 cm³/mol. The third-order valence-electron chi connectivity index (χ3n) is 4.08. The van der Waals surface area contributed by atoms with Gasteiger partial charge in [0.2, 0.25) is 0 Å². The number of aromatic amines is 2. The van der Waals surface area contributed by atoms with Gasteiger partial charge in [-0.1, -0.05) is 25.4 Å². The quantitative estimate of drug-likeness (QED) is 0.663. The van der Waals surface area contributed by atoms with E-state index in [1.54, 1.807) is 6.92 Å². The summed E-state index contributed by atoms with van der Waals surface area (Å²) in [6.07, 6.45) is 1.85. The molecule has 0 radical (unpaired) electrons. The molecule has 0 aliphatic carbocycles. The van der Waals surface area contributed by atoms with Crippen LogP contribution in [0.25, 0.3) is 10.9 Å². The van der Waals surface area contributed by atoms with Crippen LogP contribution in [0.3, 0.4) is 0 Å². The number of aromatic nitrogens is 3. The van der Waals surface area contributed by atoms with Crippen LogP contribution in [0, 0.1) is 12.8 Å². The molecule has 7 nitrogen and oxygen atoms in total. The number of H-pyrrole nitrogens is 2. The lowest BCUT2D eigenvalue weighted by Gasteiger charge is -2.12. The summed E-state index contributed by atoms with van der Waals surface area (Å²) < 4.78 is 1.46. The van der Waals surface area contributed by atoms with E-state index in [0.717, 1.165) is 16.5 Å². The maximum atomic E-state index is 12.1. The van der Waals surface area contributed by atoms with Crippen molar-refractivity contribution in [2.75, 3.05) is 0 Å². The van der Waals surface area contributed by atoms with Crippen molar-refractivity contribution in [1.82, 2.24) is 14.5 Å². The molecule has 0 aliphatic heterocycles. The molecule has 0 fully saturated rings. The van der Waals surface area contributed by atoms with Crippen molar-refractivity contribution < 1.29 is 0 Å². The minimum Gasteiger partial charge on any atom is -0.361 e. The van der Waals surface area contributed by atoms with Gasteiger partial charge in [0.25, 0.3) is 5.56 Å². The summed E-state index contributed by atoms with van der Waals surface area (Å²) in [5, 5.41) is 10.0. The molecule has 0 aliphatic rings. The molecule has 0 unspecified atom stereocenters. The number of halogens is 1. The summed E-state index contributed by atoms with van der Waals surface area (Å²) >= 11 is 6.06. The van der Waals surface area contributed by atoms with Gasteiger partial charge in [-0.3, -0.25) is 14.3 Å². The zero-order valence-electron chi connectivity index (χ0n) is 14.8. The zero-order chi connectivity index (χ0) is 18.8. The van der Waals surface area contributed by atoms with Gasteiger partial charge in [0.1, 0.15) is 0 Å². The minimum absolute atomic E-state index is 0.225. The molecule has 0 bridgehead atoms. The second-order valence-corrected chi connectivity index (χ2v) is 7.05. The van der Waals surface area contributed by atoms with Crippen molar-refractivity contribution in [3.63, 3.8) is 0 Å². The average Bonchev–Trinajstić information content (AvgIpc) is 2.97. The fraction of sp³-hybridized carbons (Fsp3) is 0.333. The van der Waals surface area contributed by atoms with Gasteiger partial charge < -0.3 is 4.98 Å². The Hall–Kier alpha value is -2.67. The third-order valence-corrected chi connectivity index (χ3v) is 4.32. The normalized spacial score (nSPS) is 11.9. The molecule has 0 amide bonds. The minimum atomic E-state index is -0.470. The molecule has 1 aromatic carbocycles. The summed E-state index contributed by atoms with van der Waals surface area (Å²) in [5.74, 6) is 0.521. The van der Waals surface area contributed by atoms with Gasteiger partial charge in [0, 0.05) is 34.2 Å². The first-order chi connectivity index (χ1) is 12.4. The SMILES string of the molecule is Cc1c(N=NCc2c[nH]c3ccc(Cl)cc23)n(CC(C)C)c(=O)[nH]c1=O. The van der Waals surface area contributed by atoms with Gasteiger partial charge in [-0.2, -0.15) is 5.11 Å². The summed E-state index contributed by atoms with van der Waals surface area (Å²) in [5.41, 5.74) is 1.36. The molecule has 2 heterocycles. The molecule has 3 aromatic rings. The second kappa shape index (κ2) is 7.29. The van der Waals surface area contributed by atoms with E-state index < -0.39 is 11.2 Å². The monoisotopic (exact) mass is 373 g/mol. The number of rotatable bonds is 5. The fourth-order valence-electron chi connectivity index (χ4n) is 2.78. The van der Waals surface area contributed by atoms with Crippen molar-refractivity contribution in [2.24, 2.45) is 16.1 Å². The van der Waals surface area contributed by atoms with E-state index in [2.05, 4.69) is 20.2 Å². The summed E-state index contributed by atoms with van der Waals surface area (Å²) in [4.78, 5) is 29.5. The van der Waals surface area contributed by atoms with Gasteiger partial charge in [-0.25, -0.2) is 4.79 Å². The number of azo groups is 1. The molecule has 26 heavy (non-hydrogen) atoms. The zero-order valence-corrected chi connectivity index (χ0v) is 15.6. The first-order valence-corrected chi connectivity index (χ1v) is 8.71. The van der Waals surface area contributed by atoms with Gasteiger partial charge in [-0.15, -0.1) is 5.11 Å². The van der Waals surface area contributed by atoms with Crippen LogP contribution in [-0.4, -0.2) is 14.5 Å². The fourth-order valence-corrected chi connectivity index (χ4v) is 2.95. The summed E-state index contributed by atoms with van der Waals surface area (Å²) in [6.45, 7) is 6.37. The number of benzene rings is 1. The highest BCUT2D eigenvalue weighted by molar-refractivity contribution is 6.31. The largest absolute Gasteiger partial charge is 0.361 e. The van der Waals surface area contributed by atoms with Crippen LogP contribution in [0.4, 0.5) is 5.82 Å².